The lowest BCUT2D eigenvalue weighted by atomic mass is 10.1. The maximum absolute atomic E-state index is 11.9. The zero-order valence-electron chi connectivity index (χ0n) is 17.2. The van der Waals surface area contributed by atoms with Crippen molar-refractivity contribution in [3.05, 3.63) is 35.9 Å². The van der Waals surface area contributed by atoms with Crippen LogP contribution in [0.3, 0.4) is 0 Å². The summed E-state index contributed by atoms with van der Waals surface area (Å²) >= 11 is 0. The first-order chi connectivity index (χ1) is 13.8. The molecule has 0 heterocycles. The molecule has 0 unspecified atom stereocenters. The van der Waals surface area contributed by atoms with Crippen LogP contribution in [0.5, 0.6) is 0 Å². The summed E-state index contributed by atoms with van der Waals surface area (Å²) in [4.78, 5) is 11.9. The average Bonchev–Trinajstić information content (AvgIpc) is 2.74. The van der Waals surface area contributed by atoms with Gasteiger partial charge in [-0.2, -0.15) is 0 Å². The molecule has 5 N–H and O–H groups in total. The first kappa shape index (κ1) is 24.6. The molecule has 1 aromatic carbocycles. The van der Waals surface area contributed by atoms with Crippen molar-refractivity contribution in [2.24, 2.45) is 0 Å². The molecule has 1 amide bonds. The summed E-state index contributed by atoms with van der Waals surface area (Å²) in [5.41, 5.74) is 0.728. The van der Waals surface area contributed by atoms with Crippen LogP contribution in [0.15, 0.2) is 30.3 Å². The van der Waals surface area contributed by atoms with Gasteiger partial charge in [-0.3, -0.25) is 4.79 Å². The predicted octanol–water partition coefficient (Wildman–Crippen LogP) is 2.07. The van der Waals surface area contributed by atoms with Gasteiger partial charge in [0.2, 0.25) is 0 Å². The molecule has 1 rings (SSSR count). The number of rotatable bonds is 18. The number of amides is 1. The molecule has 0 aliphatic heterocycles. The molecule has 0 fully saturated rings. The van der Waals surface area contributed by atoms with Crippen LogP contribution in [0.1, 0.15) is 61.7 Å². The maximum atomic E-state index is 11.9. The van der Waals surface area contributed by atoms with Crippen molar-refractivity contribution >= 4 is 5.91 Å². The Morgan fingerprint density at radius 3 is 1.93 bits per heavy atom. The minimum atomic E-state index is -0.187. The van der Waals surface area contributed by atoms with Crippen molar-refractivity contribution in [2.45, 2.75) is 57.4 Å². The number of hydrogen-bond donors (Lipinski definition) is 5. The van der Waals surface area contributed by atoms with Crippen LogP contribution in [0.25, 0.3) is 0 Å². The first-order valence-corrected chi connectivity index (χ1v) is 10.8. The summed E-state index contributed by atoms with van der Waals surface area (Å²) in [5, 5.41) is 27.4. The highest BCUT2D eigenvalue weighted by atomic mass is 16.3. The van der Waals surface area contributed by atoms with Gasteiger partial charge < -0.3 is 26.2 Å². The molecule has 28 heavy (non-hydrogen) atoms. The topological polar surface area (TPSA) is 93.6 Å². The predicted molar refractivity (Wildman–Crippen MR) is 115 cm³/mol. The van der Waals surface area contributed by atoms with Crippen LogP contribution >= 0.6 is 0 Å². The molecule has 160 valence electrons. The minimum Gasteiger partial charge on any atom is -0.395 e. The van der Waals surface area contributed by atoms with Crippen LogP contribution in [-0.2, 0) is 0 Å². The van der Waals surface area contributed by atoms with Gasteiger partial charge in [-0.1, -0.05) is 43.9 Å². The van der Waals surface area contributed by atoms with E-state index in [1.54, 1.807) is 0 Å². The third-order valence-electron chi connectivity index (χ3n) is 4.76. The molecule has 0 saturated carbocycles. The molecule has 0 aromatic heterocycles. The fraction of sp³-hybridized carbons (Fsp3) is 0.682. The number of unbranched alkanes of at least 4 members (excludes halogenated alkanes) is 6. The Morgan fingerprint density at radius 1 is 0.750 bits per heavy atom. The molecule has 0 aliphatic carbocycles. The molecule has 0 bridgehead atoms. The van der Waals surface area contributed by atoms with E-state index in [2.05, 4.69) is 16.0 Å². The second-order valence-electron chi connectivity index (χ2n) is 7.22. The van der Waals surface area contributed by atoms with Crippen molar-refractivity contribution in [3.8, 4) is 0 Å². The lowest BCUT2D eigenvalue weighted by molar-refractivity contribution is 0.0953. The van der Waals surface area contributed by atoms with Gasteiger partial charge in [0.15, 0.2) is 0 Å². The Morgan fingerprint density at radius 2 is 1.29 bits per heavy atom. The first-order valence-electron chi connectivity index (χ1n) is 10.8. The van der Waals surface area contributed by atoms with Crippen molar-refractivity contribution in [1.82, 2.24) is 16.0 Å². The van der Waals surface area contributed by atoms with Gasteiger partial charge in [0.25, 0.3) is 5.91 Å². The molecule has 0 atom stereocenters. The van der Waals surface area contributed by atoms with Crippen LogP contribution < -0.4 is 16.0 Å². The quantitative estimate of drug-likeness (QED) is 0.246. The Hall–Kier alpha value is -1.47. The molecule has 0 radical (unpaired) electrons. The normalized spacial score (nSPS) is 11.1. The third kappa shape index (κ3) is 12.8. The number of aliphatic hydroxyl groups excluding tert-OH is 2. The van der Waals surface area contributed by atoms with E-state index in [9.17, 15) is 4.79 Å². The molecular weight excluding hydrogens is 354 g/mol. The molecule has 0 spiro atoms. The van der Waals surface area contributed by atoms with Crippen LogP contribution in [-0.4, -0.2) is 61.6 Å². The van der Waals surface area contributed by atoms with Crippen molar-refractivity contribution < 1.29 is 15.0 Å². The average molecular weight is 394 g/mol. The highest BCUT2D eigenvalue weighted by Gasteiger charge is 2.03. The van der Waals surface area contributed by atoms with Gasteiger partial charge in [-0.25, -0.2) is 0 Å². The van der Waals surface area contributed by atoms with E-state index in [0.717, 1.165) is 57.4 Å². The number of carbonyl (C=O) groups excluding carboxylic acids is 1. The monoisotopic (exact) mass is 393 g/mol. The van der Waals surface area contributed by atoms with E-state index < -0.39 is 0 Å². The Bertz CT molecular complexity index is 481. The summed E-state index contributed by atoms with van der Waals surface area (Å²) in [7, 11) is 0. The molecule has 0 aliphatic rings. The molecule has 0 saturated heterocycles. The number of aliphatic hydroxyl groups is 2. The summed E-state index contributed by atoms with van der Waals surface area (Å²) < 4.78 is 0. The van der Waals surface area contributed by atoms with Gasteiger partial charge in [-0.15, -0.1) is 0 Å². The van der Waals surface area contributed by atoms with E-state index >= 15 is 0 Å². The number of carbonyl (C=O) groups is 1. The van der Waals surface area contributed by atoms with E-state index in [1.807, 2.05) is 30.3 Å². The van der Waals surface area contributed by atoms with Crippen molar-refractivity contribution in [1.29, 1.82) is 0 Å². The zero-order valence-corrected chi connectivity index (χ0v) is 17.2. The summed E-state index contributed by atoms with van der Waals surface area (Å²) in [5.74, 6) is 0.0177. The van der Waals surface area contributed by atoms with Gasteiger partial charge in [-0.05, 0) is 57.5 Å². The Balaban J connectivity index is 1.78. The summed E-state index contributed by atoms with van der Waals surface area (Å²) in [6.45, 7) is 3.64. The Kier molecular flexibility index (Phi) is 15.5. The summed E-state index contributed by atoms with van der Waals surface area (Å²) in [6.07, 6.45) is 9.29. The number of hydrogen-bond acceptors (Lipinski definition) is 5. The maximum Gasteiger partial charge on any atom is 0.251 e. The second-order valence-corrected chi connectivity index (χ2v) is 7.22. The van der Waals surface area contributed by atoms with Crippen LogP contribution in [0.2, 0.25) is 0 Å². The lowest BCUT2D eigenvalue weighted by Crippen LogP contribution is -2.36. The lowest BCUT2D eigenvalue weighted by Gasteiger charge is -2.12. The van der Waals surface area contributed by atoms with E-state index in [1.165, 1.54) is 25.7 Å². The molecule has 6 nitrogen and oxygen atoms in total. The number of benzene rings is 1. The van der Waals surface area contributed by atoms with Crippen LogP contribution in [0, 0.1) is 0 Å². The third-order valence-corrected chi connectivity index (χ3v) is 4.76. The minimum absolute atomic E-state index is 0.0168. The van der Waals surface area contributed by atoms with E-state index in [-0.39, 0.29) is 25.2 Å². The van der Waals surface area contributed by atoms with Crippen molar-refractivity contribution in [3.63, 3.8) is 0 Å². The summed E-state index contributed by atoms with van der Waals surface area (Å²) in [6, 6.07) is 9.17. The van der Waals surface area contributed by atoms with Crippen molar-refractivity contribution in [2.75, 3.05) is 39.4 Å². The smallest absolute Gasteiger partial charge is 0.251 e. The fourth-order valence-corrected chi connectivity index (χ4v) is 2.97. The second kappa shape index (κ2) is 17.6. The largest absolute Gasteiger partial charge is 0.395 e. The molecule has 6 heteroatoms. The van der Waals surface area contributed by atoms with Gasteiger partial charge in [0.05, 0.1) is 19.3 Å². The van der Waals surface area contributed by atoms with E-state index in [4.69, 9.17) is 10.2 Å². The highest BCUT2D eigenvalue weighted by Crippen LogP contribution is 2.05. The fourth-order valence-electron chi connectivity index (χ4n) is 2.97. The van der Waals surface area contributed by atoms with Crippen LogP contribution in [0.4, 0.5) is 0 Å². The van der Waals surface area contributed by atoms with Gasteiger partial charge >= 0.3 is 0 Å². The van der Waals surface area contributed by atoms with Gasteiger partial charge in [0, 0.05) is 12.1 Å². The Labute approximate surface area is 170 Å². The zero-order chi connectivity index (χ0) is 20.3. The molecular formula is C22H39N3O3. The number of nitrogens with one attached hydrogen (secondary N) is 3. The highest BCUT2D eigenvalue weighted by molar-refractivity contribution is 5.94. The van der Waals surface area contributed by atoms with Gasteiger partial charge in [0.1, 0.15) is 0 Å². The standard InChI is InChI=1S/C22H39N3O3/c26-18-21(19-27)24-16-11-10-15-23-14-8-3-1-2-4-9-17-25-22(28)20-12-6-5-7-13-20/h5-7,12-13,21,23-24,26-27H,1-4,8-11,14-19H2,(H,25,28). The van der Waals surface area contributed by atoms with E-state index in [0.29, 0.717) is 0 Å². The molecule has 1 aromatic rings. The SMILES string of the molecule is O=C(NCCCCCCCCNCCCCNC(CO)CO)c1ccccc1.